The van der Waals surface area contributed by atoms with E-state index in [1.165, 1.54) is 33.4 Å². The van der Waals surface area contributed by atoms with E-state index in [1.54, 1.807) is 0 Å². The first-order valence-electron chi connectivity index (χ1n) is 13.0. The molecule has 1 aliphatic carbocycles. The fraction of sp³-hybridized carbons (Fsp3) is 0.531. The number of fused-ring (bicyclic) bond motifs is 3. The Morgan fingerprint density at radius 1 is 0.943 bits per heavy atom. The summed E-state index contributed by atoms with van der Waals surface area (Å²) < 4.78 is 0. The lowest BCUT2D eigenvalue weighted by molar-refractivity contribution is -0.463. The highest BCUT2D eigenvalue weighted by atomic mass is 17.2. The summed E-state index contributed by atoms with van der Waals surface area (Å²) in [6.45, 7) is 22.5. The molecule has 1 aliphatic heterocycles. The van der Waals surface area contributed by atoms with E-state index in [1.807, 2.05) is 12.4 Å². The second-order valence-electron chi connectivity index (χ2n) is 13.1. The minimum Gasteiger partial charge on any atom is -0.265 e. The number of pyridine rings is 1. The van der Waals surface area contributed by atoms with Gasteiger partial charge < -0.3 is 0 Å². The molecule has 188 valence electrons. The quantitative estimate of drug-likeness (QED) is 0.390. The van der Waals surface area contributed by atoms with Gasteiger partial charge in [0.05, 0.1) is 0 Å². The Balaban J connectivity index is 1.97. The zero-order valence-corrected chi connectivity index (χ0v) is 23.3. The summed E-state index contributed by atoms with van der Waals surface area (Å²) >= 11 is 0. The van der Waals surface area contributed by atoms with E-state index in [0.29, 0.717) is 0 Å². The van der Waals surface area contributed by atoms with Crippen molar-refractivity contribution in [1.82, 2.24) is 4.98 Å². The largest absolute Gasteiger partial charge is 0.265 e. The van der Waals surface area contributed by atoms with E-state index < -0.39 is 5.60 Å². The second-order valence-corrected chi connectivity index (χ2v) is 13.1. The highest BCUT2D eigenvalue weighted by Gasteiger charge is 2.54. The van der Waals surface area contributed by atoms with Crippen molar-refractivity contribution in [1.29, 1.82) is 0 Å². The monoisotopic (exact) mass is 473 g/mol. The Morgan fingerprint density at radius 2 is 1.57 bits per heavy atom. The van der Waals surface area contributed by atoms with Crippen molar-refractivity contribution < 1.29 is 9.78 Å². The van der Waals surface area contributed by atoms with Gasteiger partial charge >= 0.3 is 0 Å². The molecule has 1 saturated heterocycles. The molecule has 0 N–H and O–H groups in total. The summed E-state index contributed by atoms with van der Waals surface area (Å²) in [6, 6.07) is 8.93. The van der Waals surface area contributed by atoms with Crippen LogP contribution in [0.4, 0.5) is 0 Å². The van der Waals surface area contributed by atoms with E-state index >= 15 is 0 Å². The van der Waals surface area contributed by atoms with Crippen molar-refractivity contribution in [3.05, 3.63) is 70.6 Å². The van der Waals surface area contributed by atoms with E-state index in [9.17, 15) is 0 Å². The second kappa shape index (κ2) is 8.71. The Morgan fingerprint density at radius 3 is 2.17 bits per heavy atom. The highest BCUT2D eigenvalue weighted by Crippen LogP contribution is 2.52. The Labute approximate surface area is 212 Å². The number of hydrogen-bond acceptors (Lipinski definition) is 3. The molecule has 0 amide bonds. The normalized spacial score (nSPS) is 31.8. The van der Waals surface area contributed by atoms with Crippen LogP contribution >= 0.6 is 0 Å². The lowest BCUT2D eigenvalue weighted by Gasteiger charge is -2.53. The molecule has 1 aromatic heterocycles. The fourth-order valence-corrected chi connectivity index (χ4v) is 5.20. The van der Waals surface area contributed by atoms with Gasteiger partial charge in [0.2, 0.25) is 0 Å². The maximum absolute atomic E-state index is 6.47. The van der Waals surface area contributed by atoms with Crippen molar-refractivity contribution in [2.24, 2.45) is 17.3 Å². The van der Waals surface area contributed by atoms with Gasteiger partial charge in [-0.3, -0.25) is 4.98 Å². The molecule has 0 radical (unpaired) electrons. The van der Waals surface area contributed by atoms with Crippen LogP contribution in [-0.2, 0) is 15.2 Å². The average Bonchev–Trinajstić information content (AvgIpc) is 2.77. The maximum Gasteiger partial charge on any atom is 0.114 e. The van der Waals surface area contributed by atoms with Crippen molar-refractivity contribution in [2.45, 2.75) is 92.3 Å². The molecule has 4 unspecified atom stereocenters. The van der Waals surface area contributed by atoms with Crippen LogP contribution in [-0.4, -0.2) is 16.2 Å². The number of hydrogen-bond donors (Lipinski definition) is 0. The maximum atomic E-state index is 6.47. The van der Waals surface area contributed by atoms with Gasteiger partial charge in [-0.1, -0.05) is 78.8 Å². The molecule has 3 nitrogen and oxygen atoms in total. The number of aromatic nitrogens is 1. The van der Waals surface area contributed by atoms with Crippen LogP contribution in [0, 0.1) is 24.2 Å². The van der Waals surface area contributed by atoms with Crippen molar-refractivity contribution >= 4 is 17.7 Å². The van der Waals surface area contributed by atoms with Gasteiger partial charge in [-0.25, -0.2) is 9.78 Å². The van der Waals surface area contributed by atoms with E-state index in [4.69, 9.17) is 9.78 Å². The number of nitrogens with zero attached hydrogens (tertiary/aromatic N) is 1. The Kier molecular flexibility index (Phi) is 6.43. The summed E-state index contributed by atoms with van der Waals surface area (Å²) in [5, 5.41) is 0. The molecule has 2 bridgehead atoms. The Bertz CT molecular complexity index is 1150. The van der Waals surface area contributed by atoms with Gasteiger partial charge in [-0.15, -0.1) is 0 Å². The van der Waals surface area contributed by atoms with Gasteiger partial charge in [-0.05, 0) is 83.5 Å². The van der Waals surface area contributed by atoms with E-state index in [0.717, 1.165) is 6.42 Å². The predicted octanol–water partition coefficient (Wildman–Crippen LogP) is 8.42. The molecule has 1 aromatic carbocycles. The first kappa shape index (κ1) is 25.9. The molecule has 35 heavy (non-hydrogen) atoms. The fourth-order valence-electron chi connectivity index (χ4n) is 5.20. The molecule has 4 atom stereocenters. The van der Waals surface area contributed by atoms with Crippen LogP contribution in [0.3, 0.4) is 0 Å². The van der Waals surface area contributed by atoms with Crippen molar-refractivity contribution in [3.63, 3.8) is 0 Å². The first-order chi connectivity index (χ1) is 16.2. The van der Waals surface area contributed by atoms with Gasteiger partial charge in [0.15, 0.2) is 0 Å². The van der Waals surface area contributed by atoms with Crippen molar-refractivity contribution in [3.8, 4) is 0 Å². The Hall–Kier alpha value is -2.23. The van der Waals surface area contributed by atoms with Gasteiger partial charge in [0, 0.05) is 24.2 Å². The molecular weight excluding hydrogens is 430 g/mol. The molecule has 2 heterocycles. The standard InChI is InChI=1S/C32H43NO2/c1-21-24-11-12-26-20-31(9,30(6,7)8)34-35-32(26,10)22(2)28(23-13-15-33-16-14-23)19-25(21)18-27(17-24)29(3,4)5/h11-19,22,26H,20H2,1-10H3/b12-11-,28-19+. The summed E-state index contributed by atoms with van der Waals surface area (Å²) in [7, 11) is 0. The molecule has 4 rings (SSSR count). The summed E-state index contributed by atoms with van der Waals surface area (Å²) in [4.78, 5) is 17.0. The van der Waals surface area contributed by atoms with E-state index in [-0.39, 0.29) is 28.3 Å². The molecule has 2 aromatic rings. The lowest BCUT2D eigenvalue weighted by Crippen LogP contribution is -2.57. The third kappa shape index (κ3) is 4.66. The molecule has 0 saturated carbocycles. The van der Waals surface area contributed by atoms with Crippen LogP contribution in [0.1, 0.15) is 96.6 Å². The van der Waals surface area contributed by atoms with E-state index in [2.05, 4.69) is 117 Å². The minimum atomic E-state index is -0.520. The first-order valence-corrected chi connectivity index (χ1v) is 13.0. The topological polar surface area (TPSA) is 31.4 Å². The molecule has 1 fully saturated rings. The van der Waals surface area contributed by atoms with Gasteiger partial charge in [0.1, 0.15) is 11.2 Å². The third-order valence-corrected chi connectivity index (χ3v) is 8.85. The van der Waals surface area contributed by atoms with Crippen LogP contribution in [0.2, 0.25) is 0 Å². The number of rotatable bonds is 1. The van der Waals surface area contributed by atoms with Crippen molar-refractivity contribution in [2.75, 3.05) is 0 Å². The van der Waals surface area contributed by atoms with Crippen LogP contribution in [0.5, 0.6) is 0 Å². The zero-order valence-electron chi connectivity index (χ0n) is 23.3. The molecular formula is C32H43NO2. The third-order valence-electron chi connectivity index (χ3n) is 8.85. The summed E-state index contributed by atoms with van der Waals surface area (Å²) in [6.07, 6.45) is 11.7. The minimum absolute atomic E-state index is 0.0558. The zero-order chi connectivity index (χ0) is 25.8. The lowest BCUT2D eigenvalue weighted by atomic mass is 9.65. The molecule has 0 spiro atoms. The number of benzene rings is 1. The van der Waals surface area contributed by atoms with Gasteiger partial charge in [-0.2, -0.15) is 0 Å². The summed E-state index contributed by atoms with van der Waals surface area (Å²) in [5.41, 5.74) is 6.71. The highest BCUT2D eigenvalue weighted by molar-refractivity contribution is 5.85. The predicted molar refractivity (Wildman–Crippen MR) is 147 cm³/mol. The smallest absolute Gasteiger partial charge is 0.114 e. The molecule has 3 heteroatoms. The molecule has 2 aliphatic rings. The summed E-state index contributed by atoms with van der Waals surface area (Å²) in [5.74, 6) is 0.267. The SMILES string of the molecule is Cc1c2cc(C(C)(C)C)cc1/C=C(/c1ccncc1)C(C)C1(C)OOC(C)(C(C)(C)C)CC1/C=C\2. The van der Waals surface area contributed by atoms with Gasteiger partial charge in [0.25, 0.3) is 0 Å². The average molecular weight is 474 g/mol. The van der Waals surface area contributed by atoms with Crippen LogP contribution < -0.4 is 0 Å². The van der Waals surface area contributed by atoms with Crippen LogP contribution in [0.25, 0.3) is 17.7 Å². The van der Waals surface area contributed by atoms with Crippen LogP contribution in [0.15, 0.2) is 42.7 Å².